The molecule has 102 valence electrons. The fraction of sp³-hybridized carbons (Fsp3) is 0.615. The van der Waals surface area contributed by atoms with Crippen molar-refractivity contribution in [1.82, 2.24) is 4.98 Å². The van der Waals surface area contributed by atoms with Gasteiger partial charge in [0.1, 0.15) is 0 Å². The molecule has 0 aliphatic rings. The zero-order valence-electron chi connectivity index (χ0n) is 11.0. The molecule has 5 heteroatoms. The molecule has 0 radical (unpaired) electrons. The first-order valence-electron chi connectivity index (χ1n) is 6.09. The first-order valence-corrected chi connectivity index (χ1v) is 6.09. The van der Waals surface area contributed by atoms with Gasteiger partial charge in [-0.1, -0.05) is 0 Å². The molecule has 1 aromatic heterocycles. The van der Waals surface area contributed by atoms with Crippen molar-refractivity contribution in [3.8, 4) is 0 Å². The number of pyridine rings is 1. The Morgan fingerprint density at radius 1 is 1.17 bits per heavy atom. The van der Waals surface area contributed by atoms with Crippen LogP contribution in [0, 0.1) is 0 Å². The quantitative estimate of drug-likeness (QED) is 0.670. The third-order valence-corrected chi connectivity index (χ3v) is 2.47. The molecule has 0 bridgehead atoms. The molecule has 0 saturated carbocycles. The van der Waals surface area contributed by atoms with Crippen molar-refractivity contribution in [2.45, 2.75) is 19.1 Å². The highest BCUT2D eigenvalue weighted by Crippen LogP contribution is 2.19. The van der Waals surface area contributed by atoms with Crippen LogP contribution in [-0.2, 0) is 14.2 Å². The molecule has 1 rings (SSSR count). The number of aromatic nitrogens is 1. The van der Waals surface area contributed by atoms with E-state index in [2.05, 4.69) is 4.98 Å². The highest BCUT2D eigenvalue weighted by molar-refractivity contribution is 5.14. The molecule has 0 amide bonds. The summed E-state index contributed by atoms with van der Waals surface area (Å²) in [6.45, 7) is 4.16. The van der Waals surface area contributed by atoms with Crippen LogP contribution in [0.4, 0.5) is 0 Å². The van der Waals surface area contributed by atoms with Crippen LogP contribution in [0.2, 0.25) is 0 Å². The number of hydrogen-bond donors (Lipinski definition) is 1. The Bertz CT molecular complexity index is 306. The van der Waals surface area contributed by atoms with E-state index < -0.39 is 0 Å². The molecule has 0 aromatic carbocycles. The Kier molecular flexibility index (Phi) is 7.52. The van der Waals surface area contributed by atoms with Crippen LogP contribution in [0.3, 0.4) is 0 Å². The van der Waals surface area contributed by atoms with Crippen LogP contribution in [0.1, 0.15) is 18.6 Å². The molecule has 5 nitrogen and oxygen atoms in total. The minimum absolute atomic E-state index is 0.0774. The van der Waals surface area contributed by atoms with Crippen LogP contribution in [-0.4, -0.2) is 44.6 Å². The van der Waals surface area contributed by atoms with Gasteiger partial charge in [-0.15, -0.1) is 0 Å². The van der Waals surface area contributed by atoms with Crippen LogP contribution in [0.15, 0.2) is 24.5 Å². The lowest BCUT2D eigenvalue weighted by atomic mass is 10.1. The van der Waals surface area contributed by atoms with Gasteiger partial charge in [0, 0.05) is 25.5 Å². The number of nitrogens with zero attached hydrogens (tertiary/aromatic N) is 1. The molecule has 2 atom stereocenters. The summed E-state index contributed by atoms with van der Waals surface area (Å²) in [5.74, 6) is 0. The predicted octanol–water partition coefficient (Wildman–Crippen LogP) is 1.15. The van der Waals surface area contributed by atoms with E-state index in [0.29, 0.717) is 26.4 Å². The molecule has 1 aromatic rings. The molecular formula is C13H22N2O3. The summed E-state index contributed by atoms with van der Waals surface area (Å²) < 4.78 is 16.0. The summed E-state index contributed by atoms with van der Waals surface area (Å²) in [5.41, 5.74) is 6.96. The van der Waals surface area contributed by atoms with Gasteiger partial charge in [-0.25, -0.2) is 0 Å². The van der Waals surface area contributed by atoms with Crippen LogP contribution in [0.25, 0.3) is 0 Å². The predicted molar refractivity (Wildman–Crippen MR) is 69.3 cm³/mol. The highest BCUT2D eigenvalue weighted by atomic mass is 16.5. The van der Waals surface area contributed by atoms with E-state index in [4.69, 9.17) is 19.9 Å². The van der Waals surface area contributed by atoms with Crippen LogP contribution in [0.5, 0.6) is 0 Å². The molecule has 1 heterocycles. The lowest BCUT2D eigenvalue weighted by Crippen LogP contribution is -2.28. The van der Waals surface area contributed by atoms with Crippen molar-refractivity contribution >= 4 is 0 Å². The average molecular weight is 254 g/mol. The van der Waals surface area contributed by atoms with Crippen molar-refractivity contribution in [3.05, 3.63) is 30.1 Å². The van der Waals surface area contributed by atoms with E-state index in [1.54, 1.807) is 19.5 Å². The van der Waals surface area contributed by atoms with Gasteiger partial charge in [0.25, 0.3) is 0 Å². The Morgan fingerprint density at radius 3 is 2.44 bits per heavy atom. The summed E-state index contributed by atoms with van der Waals surface area (Å²) in [6.07, 6.45) is 3.35. The SMILES string of the molecule is COCCOCCOC(c1ccncc1)C(C)N. The monoisotopic (exact) mass is 254 g/mol. The van der Waals surface area contributed by atoms with Crippen LogP contribution < -0.4 is 5.73 Å². The molecule has 18 heavy (non-hydrogen) atoms. The maximum absolute atomic E-state index is 5.92. The van der Waals surface area contributed by atoms with Gasteiger partial charge in [-0.2, -0.15) is 0 Å². The van der Waals surface area contributed by atoms with E-state index in [-0.39, 0.29) is 12.1 Å². The second-order valence-electron chi connectivity index (χ2n) is 4.04. The summed E-state index contributed by atoms with van der Waals surface area (Å²) >= 11 is 0. The molecule has 0 saturated heterocycles. The average Bonchev–Trinajstić information content (AvgIpc) is 2.38. The molecule has 0 aliphatic heterocycles. The number of hydrogen-bond acceptors (Lipinski definition) is 5. The van der Waals surface area contributed by atoms with Crippen molar-refractivity contribution in [2.24, 2.45) is 5.73 Å². The minimum atomic E-state index is -0.126. The first kappa shape index (κ1) is 15.0. The van der Waals surface area contributed by atoms with E-state index >= 15 is 0 Å². The van der Waals surface area contributed by atoms with Crippen molar-refractivity contribution in [2.75, 3.05) is 33.5 Å². The minimum Gasteiger partial charge on any atom is -0.382 e. The zero-order valence-corrected chi connectivity index (χ0v) is 11.0. The third-order valence-electron chi connectivity index (χ3n) is 2.47. The van der Waals surface area contributed by atoms with Gasteiger partial charge >= 0.3 is 0 Å². The maximum atomic E-state index is 5.92. The summed E-state index contributed by atoms with van der Waals surface area (Å²) in [6, 6.07) is 3.76. The van der Waals surface area contributed by atoms with E-state index in [1.807, 2.05) is 19.1 Å². The van der Waals surface area contributed by atoms with Gasteiger partial charge in [0.15, 0.2) is 0 Å². The normalized spacial score (nSPS) is 14.4. The fourth-order valence-corrected chi connectivity index (χ4v) is 1.58. The lowest BCUT2D eigenvalue weighted by Gasteiger charge is -2.21. The second kappa shape index (κ2) is 8.99. The highest BCUT2D eigenvalue weighted by Gasteiger charge is 2.16. The smallest absolute Gasteiger partial charge is 0.0975 e. The van der Waals surface area contributed by atoms with Gasteiger partial charge in [0.2, 0.25) is 0 Å². The van der Waals surface area contributed by atoms with Gasteiger partial charge in [-0.05, 0) is 24.6 Å². The molecule has 0 aliphatic carbocycles. The Hall–Kier alpha value is -1.01. The first-order chi connectivity index (χ1) is 8.75. The van der Waals surface area contributed by atoms with Gasteiger partial charge in [-0.3, -0.25) is 4.98 Å². The number of methoxy groups -OCH3 is 1. The van der Waals surface area contributed by atoms with E-state index in [0.717, 1.165) is 5.56 Å². The zero-order chi connectivity index (χ0) is 13.2. The molecule has 2 unspecified atom stereocenters. The molecule has 0 spiro atoms. The summed E-state index contributed by atoms with van der Waals surface area (Å²) in [4.78, 5) is 3.98. The van der Waals surface area contributed by atoms with E-state index in [1.165, 1.54) is 0 Å². The van der Waals surface area contributed by atoms with Gasteiger partial charge in [0.05, 0.1) is 32.5 Å². The summed E-state index contributed by atoms with van der Waals surface area (Å²) in [7, 11) is 1.65. The third kappa shape index (κ3) is 5.55. The number of rotatable bonds is 9. The van der Waals surface area contributed by atoms with Crippen molar-refractivity contribution in [3.63, 3.8) is 0 Å². The van der Waals surface area contributed by atoms with Crippen LogP contribution >= 0.6 is 0 Å². The molecular weight excluding hydrogens is 232 g/mol. The lowest BCUT2D eigenvalue weighted by molar-refractivity contribution is -0.0142. The summed E-state index contributed by atoms with van der Waals surface area (Å²) in [5, 5.41) is 0. The fourth-order valence-electron chi connectivity index (χ4n) is 1.58. The largest absolute Gasteiger partial charge is 0.382 e. The van der Waals surface area contributed by atoms with Crippen molar-refractivity contribution < 1.29 is 14.2 Å². The number of nitrogens with two attached hydrogens (primary N) is 1. The van der Waals surface area contributed by atoms with Crippen molar-refractivity contribution in [1.29, 1.82) is 0 Å². The standard InChI is InChI=1S/C13H22N2O3/c1-11(14)13(12-3-5-15-6-4-12)18-10-9-17-8-7-16-2/h3-6,11,13H,7-10,14H2,1-2H3. The maximum Gasteiger partial charge on any atom is 0.0975 e. The second-order valence-corrected chi connectivity index (χ2v) is 4.04. The Morgan fingerprint density at radius 2 is 1.83 bits per heavy atom. The topological polar surface area (TPSA) is 66.6 Å². The Balaban J connectivity index is 2.31. The number of ether oxygens (including phenoxy) is 3. The Labute approximate surface area is 108 Å². The van der Waals surface area contributed by atoms with E-state index in [9.17, 15) is 0 Å². The molecule has 0 fully saturated rings. The molecule has 2 N–H and O–H groups in total. The van der Waals surface area contributed by atoms with Gasteiger partial charge < -0.3 is 19.9 Å².